The quantitative estimate of drug-likeness (QED) is 0.413. The molecule has 1 fully saturated rings. The van der Waals surface area contributed by atoms with Crippen molar-refractivity contribution in [2.45, 2.75) is 0 Å². The molecule has 178 valence electrons. The van der Waals surface area contributed by atoms with Crippen molar-refractivity contribution in [3.63, 3.8) is 0 Å². The number of halogens is 2. The first-order valence-corrected chi connectivity index (χ1v) is 11.9. The Kier molecular flexibility index (Phi) is 6.45. The molecule has 1 aliphatic heterocycles. The molecule has 0 spiro atoms. The van der Waals surface area contributed by atoms with Gasteiger partial charge in [-0.1, -0.05) is 15.9 Å². The predicted octanol–water partition coefficient (Wildman–Crippen LogP) is 3.90. The first-order chi connectivity index (χ1) is 17.0. The van der Waals surface area contributed by atoms with Gasteiger partial charge < -0.3 is 20.3 Å². The monoisotopic (exact) mass is 536 g/mol. The van der Waals surface area contributed by atoms with Crippen molar-refractivity contribution in [2.24, 2.45) is 0 Å². The Hall–Kier alpha value is -3.79. The standard InChI is InChI=1S/C25H22BrFN6O2/c26-17-3-7-19(8-4-17)35-15-22(34)32-11-13-33(14-12-32)24-23-21(30-25(28)31-24)10-9-20(29-23)16-1-5-18(27)6-2-16/h1-10H,11-15H2,(H2,28,30,31). The number of rotatable bonds is 5. The van der Waals surface area contributed by atoms with Crippen LogP contribution in [0.1, 0.15) is 0 Å². The average Bonchev–Trinajstić information content (AvgIpc) is 2.88. The fourth-order valence-corrected chi connectivity index (χ4v) is 4.22. The number of aromatic nitrogens is 3. The summed E-state index contributed by atoms with van der Waals surface area (Å²) in [5.41, 5.74) is 8.69. The summed E-state index contributed by atoms with van der Waals surface area (Å²) in [6, 6.07) is 17.2. The molecule has 10 heteroatoms. The Morgan fingerprint density at radius 3 is 2.37 bits per heavy atom. The predicted molar refractivity (Wildman–Crippen MR) is 136 cm³/mol. The number of carbonyl (C=O) groups is 1. The van der Waals surface area contributed by atoms with Gasteiger partial charge in [0.25, 0.3) is 5.91 Å². The number of ether oxygens (including phenoxy) is 1. The van der Waals surface area contributed by atoms with E-state index >= 15 is 0 Å². The molecule has 2 aromatic heterocycles. The number of fused-ring (bicyclic) bond motifs is 1. The van der Waals surface area contributed by atoms with Crippen molar-refractivity contribution in [3.05, 3.63) is 71.0 Å². The van der Waals surface area contributed by atoms with E-state index in [2.05, 4.69) is 30.8 Å². The number of hydrogen-bond donors (Lipinski definition) is 1. The van der Waals surface area contributed by atoms with Gasteiger partial charge in [0.05, 0.1) is 11.2 Å². The van der Waals surface area contributed by atoms with Crippen molar-refractivity contribution < 1.29 is 13.9 Å². The average molecular weight is 537 g/mol. The van der Waals surface area contributed by atoms with Crippen LogP contribution in [0, 0.1) is 5.82 Å². The van der Waals surface area contributed by atoms with Crippen LogP contribution in [0.3, 0.4) is 0 Å². The molecule has 2 aromatic carbocycles. The maximum Gasteiger partial charge on any atom is 0.260 e. The molecule has 1 aliphatic rings. The van der Waals surface area contributed by atoms with E-state index in [9.17, 15) is 9.18 Å². The van der Waals surface area contributed by atoms with Gasteiger partial charge >= 0.3 is 0 Å². The SMILES string of the molecule is Nc1nc(N2CCN(C(=O)COc3ccc(Br)cc3)CC2)c2nc(-c3ccc(F)cc3)ccc2n1. The van der Waals surface area contributed by atoms with Crippen LogP contribution in [0.15, 0.2) is 65.1 Å². The molecule has 0 radical (unpaired) electrons. The highest BCUT2D eigenvalue weighted by Gasteiger charge is 2.24. The number of carbonyl (C=O) groups excluding carboxylic acids is 1. The van der Waals surface area contributed by atoms with Crippen LogP contribution in [0.5, 0.6) is 5.75 Å². The summed E-state index contributed by atoms with van der Waals surface area (Å²) >= 11 is 3.38. The summed E-state index contributed by atoms with van der Waals surface area (Å²) in [7, 11) is 0. The zero-order chi connectivity index (χ0) is 24.4. The van der Waals surface area contributed by atoms with Crippen molar-refractivity contribution in [1.82, 2.24) is 19.9 Å². The number of nitrogens with two attached hydrogens (primary N) is 1. The molecule has 3 heterocycles. The van der Waals surface area contributed by atoms with E-state index in [1.165, 1.54) is 12.1 Å². The van der Waals surface area contributed by atoms with E-state index in [1.54, 1.807) is 17.0 Å². The summed E-state index contributed by atoms with van der Waals surface area (Å²) in [6.07, 6.45) is 0. The minimum atomic E-state index is -0.305. The van der Waals surface area contributed by atoms with Gasteiger partial charge in [-0.25, -0.2) is 14.4 Å². The van der Waals surface area contributed by atoms with Crippen molar-refractivity contribution in [2.75, 3.05) is 43.4 Å². The van der Waals surface area contributed by atoms with E-state index < -0.39 is 0 Å². The summed E-state index contributed by atoms with van der Waals surface area (Å²) in [4.78, 5) is 30.0. The topological polar surface area (TPSA) is 97.5 Å². The maximum absolute atomic E-state index is 13.3. The normalized spacial score (nSPS) is 13.8. The molecule has 4 aromatic rings. The number of pyridine rings is 1. The molecule has 1 saturated heterocycles. The third-order valence-corrected chi connectivity index (χ3v) is 6.32. The fraction of sp³-hybridized carbons (Fsp3) is 0.200. The van der Waals surface area contributed by atoms with Crippen LogP contribution in [0.25, 0.3) is 22.3 Å². The second kappa shape index (κ2) is 9.83. The van der Waals surface area contributed by atoms with E-state index in [1.807, 2.05) is 36.4 Å². The van der Waals surface area contributed by atoms with Crippen molar-refractivity contribution >= 4 is 44.6 Å². The molecule has 0 unspecified atom stereocenters. The maximum atomic E-state index is 13.3. The number of hydrogen-bond acceptors (Lipinski definition) is 7. The summed E-state index contributed by atoms with van der Waals surface area (Å²) < 4.78 is 19.9. The second-order valence-electron chi connectivity index (χ2n) is 8.09. The van der Waals surface area contributed by atoms with Crippen LogP contribution in [-0.4, -0.2) is 58.5 Å². The number of nitrogen functional groups attached to an aromatic ring is 1. The van der Waals surface area contributed by atoms with Crippen molar-refractivity contribution in [1.29, 1.82) is 0 Å². The zero-order valence-corrected chi connectivity index (χ0v) is 20.3. The highest BCUT2D eigenvalue weighted by atomic mass is 79.9. The molecule has 0 saturated carbocycles. The zero-order valence-electron chi connectivity index (χ0n) is 18.7. The third-order valence-electron chi connectivity index (χ3n) is 5.79. The minimum absolute atomic E-state index is 0.0202. The van der Waals surface area contributed by atoms with E-state index in [0.29, 0.717) is 54.5 Å². The first-order valence-electron chi connectivity index (χ1n) is 11.1. The van der Waals surface area contributed by atoms with E-state index in [0.717, 1.165) is 10.0 Å². The lowest BCUT2D eigenvalue weighted by molar-refractivity contribution is -0.133. The molecular formula is C25H22BrFN6O2. The van der Waals surface area contributed by atoms with Gasteiger partial charge in [0, 0.05) is 36.2 Å². The molecule has 8 nitrogen and oxygen atoms in total. The van der Waals surface area contributed by atoms with Gasteiger partial charge in [-0.3, -0.25) is 4.79 Å². The molecule has 0 bridgehead atoms. The largest absolute Gasteiger partial charge is 0.484 e. The van der Waals surface area contributed by atoms with Crippen LogP contribution in [-0.2, 0) is 4.79 Å². The van der Waals surface area contributed by atoms with Gasteiger partial charge in [-0.2, -0.15) is 4.98 Å². The summed E-state index contributed by atoms with van der Waals surface area (Å²) in [5, 5.41) is 0. The molecular weight excluding hydrogens is 515 g/mol. The van der Waals surface area contributed by atoms with E-state index in [-0.39, 0.29) is 24.3 Å². The fourth-order valence-electron chi connectivity index (χ4n) is 3.95. The molecule has 5 rings (SSSR count). The molecule has 2 N–H and O–H groups in total. The highest BCUT2D eigenvalue weighted by Crippen LogP contribution is 2.27. The van der Waals surface area contributed by atoms with Crippen molar-refractivity contribution in [3.8, 4) is 17.0 Å². The van der Waals surface area contributed by atoms with E-state index in [4.69, 9.17) is 15.5 Å². The number of piperazine rings is 1. The highest BCUT2D eigenvalue weighted by molar-refractivity contribution is 9.10. The van der Waals surface area contributed by atoms with Crippen LogP contribution in [0.2, 0.25) is 0 Å². The Bertz CT molecular complexity index is 1360. The number of amides is 1. The smallest absolute Gasteiger partial charge is 0.260 e. The number of anilines is 2. The molecule has 0 aliphatic carbocycles. The Balaban J connectivity index is 1.30. The summed E-state index contributed by atoms with van der Waals surface area (Å²) in [5.74, 6) is 1.04. The van der Waals surface area contributed by atoms with Gasteiger partial charge in [0.15, 0.2) is 12.4 Å². The minimum Gasteiger partial charge on any atom is -0.484 e. The van der Waals surface area contributed by atoms with Gasteiger partial charge in [0.2, 0.25) is 5.95 Å². The lowest BCUT2D eigenvalue weighted by Gasteiger charge is -2.35. The van der Waals surface area contributed by atoms with Crippen LogP contribution in [0.4, 0.5) is 16.2 Å². The Morgan fingerprint density at radius 1 is 0.943 bits per heavy atom. The lowest BCUT2D eigenvalue weighted by atomic mass is 10.1. The van der Waals surface area contributed by atoms with Gasteiger partial charge in [-0.15, -0.1) is 0 Å². The van der Waals surface area contributed by atoms with Gasteiger partial charge in [-0.05, 0) is 60.7 Å². The van der Waals surface area contributed by atoms with Crippen LogP contribution >= 0.6 is 15.9 Å². The molecule has 35 heavy (non-hydrogen) atoms. The summed E-state index contributed by atoms with van der Waals surface area (Å²) in [6.45, 7) is 2.15. The number of nitrogens with zero attached hydrogens (tertiary/aromatic N) is 5. The molecule has 0 atom stereocenters. The Labute approximate surface area is 209 Å². The lowest BCUT2D eigenvalue weighted by Crippen LogP contribution is -2.50. The number of benzene rings is 2. The first kappa shape index (κ1) is 23.0. The van der Waals surface area contributed by atoms with Crippen LogP contribution < -0.4 is 15.4 Å². The third kappa shape index (κ3) is 5.17. The molecule has 1 amide bonds. The van der Waals surface area contributed by atoms with Gasteiger partial charge in [0.1, 0.15) is 17.1 Å². The second-order valence-corrected chi connectivity index (χ2v) is 9.00. The Morgan fingerprint density at radius 2 is 1.66 bits per heavy atom.